The Hall–Kier alpha value is -2.43. The minimum atomic E-state index is -0.351. The molecule has 1 amide bonds. The Morgan fingerprint density at radius 2 is 2.10 bits per heavy atom. The zero-order valence-corrected chi connectivity index (χ0v) is 11.5. The van der Waals surface area contributed by atoms with Gasteiger partial charge in [0.25, 0.3) is 11.5 Å². The molecule has 0 bridgehead atoms. The van der Waals surface area contributed by atoms with Gasteiger partial charge in [0.15, 0.2) is 0 Å². The molecule has 0 unspecified atom stereocenters. The number of hydrogen-bond acceptors (Lipinski definition) is 3. The van der Waals surface area contributed by atoms with Crippen LogP contribution in [0.15, 0.2) is 29.1 Å². The molecule has 0 saturated carbocycles. The van der Waals surface area contributed by atoms with Crippen LogP contribution in [0.1, 0.15) is 22.8 Å². The first-order valence-corrected chi connectivity index (χ1v) is 6.44. The number of aromatic nitrogens is 1. The van der Waals surface area contributed by atoms with E-state index in [-0.39, 0.29) is 18.0 Å². The highest BCUT2D eigenvalue weighted by Gasteiger charge is 2.14. The summed E-state index contributed by atoms with van der Waals surface area (Å²) in [6.07, 6.45) is 0.676. The van der Waals surface area contributed by atoms with Crippen molar-refractivity contribution >= 4 is 23.1 Å². The molecule has 1 aromatic heterocycles. The van der Waals surface area contributed by atoms with Gasteiger partial charge in [-0.05, 0) is 25.5 Å². The first-order chi connectivity index (χ1) is 9.58. The molecule has 20 heavy (non-hydrogen) atoms. The molecule has 5 nitrogen and oxygen atoms in total. The average molecular weight is 272 g/mol. The van der Waals surface area contributed by atoms with Crippen LogP contribution in [0, 0.1) is 6.92 Å². The van der Waals surface area contributed by atoms with Crippen molar-refractivity contribution in [2.75, 3.05) is 6.54 Å². The van der Waals surface area contributed by atoms with Crippen LogP contribution in [0.5, 0.6) is 0 Å². The fourth-order valence-electron chi connectivity index (χ4n) is 2.20. The molecule has 1 heterocycles. The van der Waals surface area contributed by atoms with Crippen LogP contribution < -0.4 is 10.9 Å². The lowest BCUT2D eigenvalue weighted by molar-refractivity contribution is -0.108. The van der Waals surface area contributed by atoms with E-state index in [9.17, 15) is 14.4 Å². The molecular formula is C15H16N2O3. The van der Waals surface area contributed by atoms with Gasteiger partial charge in [0, 0.05) is 18.0 Å². The number of hydrogen-bond donors (Lipinski definition) is 1. The van der Waals surface area contributed by atoms with E-state index in [1.54, 1.807) is 6.07 Å². The Kier molecular flexibility index (Phi) is 3.98. The smallest absolute Gasteiger partial charge is 0.252 e. The normalized spacial score (nSPS) is 10.5. The molecule has 0 spiro atoms. The molecule has 0 saturated heterocycles. The fraction of sp³-hybridized carbons (Fsp3) is 0.267. The Balaban J connectivity index is 2.79. The quantitative estimate of drug-likeness (QED) is 0.852. The Labute approximate surface area is 116 Å². The molecule has 1 N–H and O–H groups in total. The molecule has 2 rings (SSSR count). The predicted octanol–water partition coefficient (Wildman–Crippen LogP) is 1.26. The van der Waals surface area contributed by atoms with Crippen molar-refractivity contribution < 1.29 is 9.59 Å². The summed E-state index contributed by atoms with van der Waals surface area (Å²) >= 11 is 0. The van der Waals surface area contributed by atoms with Crippen molar-refractivity contribution in [2.45, 2.75) is 20.4 Å². The van der Waals surface area contributed by atoms with Crippen LogP contribution in [0.3, 0.4) is 0 Å². The number of aldehydes is 1. The summed E-state index contributed by atoms with van der Waals surface area (Å²) in [6.45, 7) is 4.18. The number of nitrogens with zero attached hydrogens (tertiary/aromatic N) is 1. The number of amides is 1. The molecule has 1 aromatic carbocycles. The average Bonchev–Trinajstić information content (AvgIpc) is 2.42. The molecule has 104 valence electrons. The van der Waals surface area contributed by atoms with Crippen LogP contribution in [0.4, 0.5) is 0 Å². The zero-order chi connectivity index (χ0) is 14.7. The first kappa shape index (κ1) is 14.0. The van der Waals surface area contributed by atoms with Crippen molar-refractivity contribution in [3.05, 3.63) is 45.7 Å². The van der Waals surface area contributed by atoms with Gasteiger partial charge >= 0.3 is 0 Å². The number of fused-ring (bicyclic) bond motifs is 1. The summed E-state index contributed by atoms with van der Waals surface area (Å²) in [5, 5.41) is 3.36. The maximum Gasteiger partial charge on any atom is 0.252 e. The number of pyridine rings is 1. The van der Waals surface area contributed by atoms with Gasteiger partial charge in [0.05, 0.1) is 17.6 Å². The minimum Gasteiger partial charge on any atom is -0.352 e. The molecule has 5 heteroatoms. The maximum atomic E-state index is 12.1. The summed E-state index contributed by atoms with van der Waals surface area (Å²) in [7, 11) is 0. The minimum absolute atomic E-state index is 0.0194. The molecule has 0 aliphatic heterocycles. The van der Waals surface area contributed by atoms with Gasteiger partial charge in [-0.25, -0.2) is 0 Å². The van der Waals surface area contributed by atoms with E-state index in [2.05, 4.69) is 5.32 Å². The Morgan fingerprint density at radius 1 is 1.35 bits per heavy atom. The standard InChI is InChI=1S/C15H16N2O3/c1-3-16-15(20)12-9-14(19)17(6-7-18)13-8-10(2)4-5-11(12)13/h4-5,7-9H,3,6H2,1-2H3,(H,16,20). The van der Waals surface area contributed by atoms with Crippen molar-refractivity contribution in [1.29, 1.82) is 0 Å². The molecule has 2 aromatic rings. The van der Waals surface area contributed by atoms with Gasteiger partial charge in [-0.3, -0.25) is 9.59 Å². The second-order valence-corrected chi connectivity index (χ2v) is 4.55. The molecule has 0 aliphatic carbocycles. The van der Waals surface area contributed by atoms with E-state index in [4.69, 9.17) is 0 Å². The molecule has 0 aliphatic rings. The van der Waals surface area contributed by atoms with Gasteiger partial charge in [-0.1, -0.05) is 12.1 Å². The van der Waals surface area contributed by atoms with Crippen LogP contribution in [-0.2, 0) is 11.3 Å². The number of benzene rings is 1. The summed E-state index contributed by atoms with van der Waals surface area (Å²) in [6, 6.07) is 6.77. The summed E-state index contributed by atoms with van der Waals surface area (Å²) in [5.41, 5.74) is 1.56. The zero-order valence-electron chi connectivity index (χ0n) is 11.5. The van der Waals surface area contributed by atoms with E-state index in [0.29, 0.717) is 29.3 Å². The molecule has 0 atom stereocenters. The Morgan fingerprint density at radius 3 is 2.75 bits per heavy atom. The number of aryl methyl sites for hydroxylation is 1. The van der Waals surface area contributed by atoms with Crippen LogP contribution in [0.25, 0.3) is 10.9 Å². The van der Waals surface area contributed by atoms with Crippen LogP contribution in [-0.4, -0.2) is 23.3 Å². The summed E-state index contributed by atoms with van der Waals surface area (Å²) in [5.74, 6) is -0.281. The monoisotopic (exact) mass is 272 g/mol. The van der Waals surface area contributed by atoms with Gasteiger partial charge < -0.3 is 14.7 Å². The molecular weight excluding hydrogens is 256 g/mol. The van der Waals surface area contributed by atoms with Gasteiger partial charge in [0.1, 0.15) is 6.29 Å². The second-order valence-electron chi connectivity index (χ2n) is 4.55. The fourth-order valence-corrected chi connectivity index (χ4v) is 2.20. The highest BCUT2D eigenvalue weighted by Crippen LogP contribution is 2.18. The van der Waals surface area contributed by atoms with Crippen LogP contribution >= 0.6 is 0 Å². The Bertz CT molecular complexity index is 732. The maximum absolute atomic E-state index is 12.1. The van der Waals surface area contributed by atoms with Crippen molar-refractivity contribution in [3.63, 3.8) is 0 Å². The van der Waals surface area contributed by atoms with Gasteiger partial charge in [0.2, 0.25) is 0 Å². The predicted molar refractivity (Wildman–Crippen MR) is 77.0 cm³/mol. The third-order valence-electron chi connectivity index (χ3n) is 3.11. The van der Waals surface area contributed by atoms with E-state index in [0.717, 1.165) is 5.56 Å². The second kappa shape index (κ2) is 5.69. The van der Waals surface area contributed by atoms with E-state index >= 15 is 0 Å². The number of carbonyl (C=O) groups is 2. The van der Waals surface area contributed by atoms with Crippen molar-refractivity contribution in [2.24, 2.45) is 0 Å². The molecule has 0 radical (unpaired) electrons. The van der Waals surface area contributed by atoms with E-state index in [1.807, 2.05) is 26.0 Å². The summed E-state index contributed by atoms with van der Waals surface area (Å²) in [4.78, 5) is 34.9. The third-order valence-corrected chi connectivity index (χ3v) is 3.11. The van der Waals surface area contributed by atoms with Gasteiger partial charge in [-0.15, -0.1) is 0 Å². The molecule has 0 fully saturated rings. The van der Waals surface area contributed by atoms with Crippen molar-refractivity contribution in [1.82, 2.24) is 9.88 Å². The lowest BCUT2D eigenvalue weighted by Crippen LogP contribution is -2.28. The lowest BCUT2D eigenvalue weighted by Gasteiger charge is -2.12. The highest BCUT2D eigenvalue weighted by atomic mass is 16.2. The SMILES string of the molecule is CCNC(=O)c1cc(=O)n(CC=O)c2cc(C)ccc12. The first-order valence-electron chi connectivity index (χ1n) is 6.44. The largest absolute Gasteiger partial charge is 0.352 e. The number of carbonyl (C=O) groups excluding carboxylic acids is 2. The van der Waals surface area contributed by atoms with Crippen LogP contribution in [0.2, 0.25) is 0 Å². The highest BCUT2D eigenvalue weighted by molar-refractivity contribution is 6.06. The summed E-state index contributed by atoms with van der Waals surface area (Å²) < 4.78 is 1.37. The van der Waals surface area contributed by atoms with E-state index in [1.165, 1.54) is 10.6 Å². The number of nitrogens with one attached hydrogen (secondary N) is 1. The third kappa shape index (κ3) is 2.47. The van der Waals surface area contributed by atoms with Gasteiger partial charge in [-0.2, -0.15) is 0 Å². The topological polar surface area (TPSA) is 68.2 Å². The van der Waals surface area contributed by atoms with Crippen molar-refractivity contribution in [3.8, 4) is 0 Å². The van der Waals surface area contributed by atoms with E-state index < -0.39 is 0 Å². The lowest BCUT2D eigenvalue weighted by atomic mass is 10.1. The number of rotatable bonds is 4.